The highest BCUT2D eigenvalue weighted by molar-refractivity contribution is 5.85. The lowest BCUT2D eigenvalue weighted by atomic mass is 10.0. The lowest BCUT2D eigenvalue weighted by Crippen LogP contribution is -2.07. The zero-order chi connectivity index (χ0) is 16.8. The van der Waals surface area contributed by atoms with Crippen LogP contribution in [0.3, 0.4) is 0 Å². The fourth-order valence-electron chi connectivity index (χ4n) is 2.42. The van der Waals surface area contributed by atoms with E-state index in [9.17, 15) is 0 Å². The number of methoxy groups -OCH3 is 2. The molecule has 0 bridgehead atoms. The Bertz CT molecular complexity index is 706. The Labute approximate surface area is 141 Å². The molecule has 0 atom stereocenters. The maximum atomic E-state index is 5.87. The van der Waals surface area contributed by atoms with E-state index in [1.54, 1.807) is 14.2 Å². The SMILES string of the molecule is COCOc1ccc(C2=Cc3ccc(OCOC)cc3OC2)cc1. The average molecular weight is 328 g/mol. The molecule has 0 aliphatic carbocycles. The van der Waals surface area contributed by atoms with Gasteiger partial charge in [-0.15, -0.1) is 0 Å². The van der Waals surface area contributed by atoms with Crippen LogP contribution in [0.1, 0.15) is 11.1 Å². The van der Waals surface area contributed by atoms with Gasteiger partial charge in [0.2, 0.25) is 0 Å². The number of fused-ring (bicyclic) bond motifs is 1. The molecule has 5 nitrogen and oxygen atoms in total. The normalized spacial score (nSPS) is 12.8. The molecule has 0 N–H and O–H groups in total. The maximum Gasteiger partial charge on any atom is 0.188 e. The summed E-state index contributed by atoms with van der Waals surface area (Å²) in [5, 5.41) is 0. The molecule has 5 heteroatoms. The van der Waals surface area contributed by atoms with E-state index >= 15 is 0 Å². The summed E-state index contributed by atoms with van der Waals surface area (Å²) >= 11 is 0. The molecule has 1 aliphatic rings. The van der Waals surface area contributed by atoms with Gasteiger partial charge in [-0.2, -0.15) is 0 Å². The van der Waals surface area contributed by atoms with Crippen LogP contribution < -0.4 is 14.2 Å². The van der Waals surface area contributed by atoms with Crippen LogP contribution in [0.4, 0.5) is 0 Å². The summed E-state index contributed by atoms with van der Waals surface area (Å²) in [5.74, 6) is 2.32. The Balaban J connectivity index is 1.75. The average Bonchev–Trinajstić information content (AvgIpc) is 2.64. The van der Waals surface area contributed by atoms with E-state index in [1.807, 2.05) is 42.5 Å². The van der Waals surface area contributed by atoms with Gasteiger partial charge in [-0.25, -0.2) is 0 Å². The van der Waals surface area contributed by atoms with Crippen LogP contribution in [0.2, 0.25) is 0 Å². The molecule has 2 aromatic rings. The van der Waals surface area contributed by atoms with Gasteiger partial charge in [0, 0.05) is 25.8 Å². The van der Waals surface area contributed by atoms with Crippen LogP contribution in [0.15, 0.2) is 42.5 Å². The van der Waals surface area contributed by atoms with Crippen LogP contribution in [0.5, 0.6) is 17.2 Å². The Morgan fingerprint density at radius 1 is 0.875 bits per heavy atom. The molecule has 24 heavy (non-hydrogen) atoms. The molecule has 1 heterocycles. The molecule has 3 rings (SSSR count). The largest absolute Gasteiger partial charge is 0.488 e. The van der Waals surface area contributed by atoms with Crippen molar-refractivity contribution >= 4 is 11.6 Å². The zero-order valence-corrected chi connectivity index (χ0v) is 13.8. The Hall–Kier alpha value is -2.50. The lowest BCUT2D eigenvalue weighted by Gasteiger charge is -2.19. The van der Waals surface area contributed by atoms with Crippen LogP contribution in [-0.4, -0.2) is 34.4 Å². The molecule has 0 spiro atoms. The summed E-state index contributed by atoms with van der Waals surface area (Å²) in [6, 6.07) is 13.6. The molecular weight excluding hydrogens is 308 g/mol. The van der Waals surface area contributed by atoms with Crippen molar-refractivity contribution in [2.24, 2.45) is 0 Å². The van der Waals surface area contributed by atoms with Crippen LogP contribution in [-0.2, 0) is 9.47 Å². The molecule has 0 saturated heterocycles. The van der Waals surface area contributed by atoms with E-state index in [4.69, 9.17) is 23.7 Å². The number of hydrogen-bond acceptors (Lipinski definition) is 5. The first-order valence-corrected chi connectivity index (χ1v) is 7.61. The molecule has 126 valence electrons. The van der Waals surface area contributed by atoms with E-state index in [2.05, 4.69) is 6.08 Å². The van der Waals surface area contributed by atoms with Gasteiger partial charge in [0.1, 0.15) is 23.9 Å². The lowest BCUT2D eigenvalue weighted by molar-refractivity contribution is 0.0508. The smallest absolute Gasteiger partial charge is 0.188 e. The molecular formula is C19H20O5. The number of benzene rings is 2. The van der Waals surface area contributed by atoms with E-state index in [-0.39, 0.29) is 13.6 Å². The Morgan fingerprint density at radius 3 is 2.25 bits per heavy atom. The van der Waals surface area contributed by atoms with Crippen molar-refractivity contribution in [2.45, 2.75) is 0 Å². The second-order valence-electron chi connectivity index (χ2n) is 5.28. The summed E-state index contributed by atoms with van der Waals surface area (Å²) < 4.78 is 26.5. The van der Waals surface area contributed by atoms with Gasteiger partial charge in [-0.05, 0) is 41.5 Å². The molecule has 0 radical (unpaired) electrons. The highest BCUT2D eigenvalue weighted by Crippen LogP contribution is 2.33. The standard InChI is InChI=1S/C19H20O5/c1-20-12-23-17-6-3-14(4-7-17)16-9-15-5-8-18(24-13-21-2)10-19(15)22-11-16/h3-10H,11-13H2,1-2H3. The molecule has 0 amide bonds. The van der Waals surface area contributed by atoms with Crippen molar-refractivity contribution in [1.29, 1.82) is 0 Å². The monoisotopic (exact) mass is 328 g/mol. The van der Waals surface area contributed by atoms with Gasteiger partial charge in [-0.3, -0.25) is 0 Å². The first kappa shape index (κ1) is 16.4. The summed E-state index contributed by atoms with van der Waals surface area (Å²) in [6.45, 7) is 0.975. The quantitative estimate of drug-likeness (QED) is 0.727. The third-order valence-corrected chi connectivity index (χ3v) is 3.61. The van der Waals surface area contributed by atoms with Crippen molar-refractivity contribution < 1.29 is 23.7 Å². The third kappa shape index (κ3) is 3.88. The number of ether oxygens (including phenoxy) is 5. The zero-order valence-electron chi connectivity index (χ0n) is 13.8. The second-order valence-corrected chi connectivity index (χ2v) is 5.28. The van der Waals surface area contributed by atoms with E-state index in [0.29, 0.717) is 6.61 Å². The van der Waals surface area contributed by atoms with Crippen molar-refractivity contribution in [3.8, 4) is 17.2 Å². The van der Waals surface area contributed by atoms with Gasteiger partial charge in [-0.1, -0.05) is 12.1 Å². The molecule has 1 aliphatic heterocycles. The van der Waals surface area contributed by atoms with E-state index in [0.717, 1.165) is 33.9 Å². The first-order chi connectivity index (χ1) is 11.8. The summed E-state index contributed by atoms with van der Waals surface area (Å²) in [6.07, 6.45) is 2.13. The van der Waals surface area contributed by atoms with Gasteiger partial charge >= 0.3 is 0 Å². The minimum absolute atomic E-state index is 0.220. The fraction of sp³-hybridized carbons (Fsp3) is 0.263. The third-order valence-electron chi connectivity index (χ3n) is 3.61. The van der Waals surface area contributed by atoms with Crippen LogP contribution in [0, 0.1) is 0 Å². The number of rotatable bonds is 7. The molecule has 0 aromatic heterocycles. The first-order valence-electron chi connectivity index (χ1n) is 7.61. The molecule has 0 fully saturated rings. The Morgan fingerprint density at radius 2 is 1.54 bits per heavy atom. The predicted octanol–water partition coefficient (Wildman–Crippen LogP) is 3.59. The number of hydrogen-bond donors (Lipinski definition) is 0. The summed E-state index contributed by atoms with van der Waals surface area (Å²) in [7, 11) is 3.19. The molecule has 2 aromatic carbocycles. The fourth-order valence-corrected chi connectivity index (χ4v) is 2.42. The van der Waals surface area contributed by atoms with E-state index in [1.165, 1.54) is 0 Å². The Kier molecular flexibility index (Phi) is 5.36. The molecule has 0 saturated carbocycles. The van der Waals surface area contributed by atoms with Gasteiger partial charge in [0.15, 0.2) is 13.6 Å². The summed E-state index contributed by atoms with van der Waals surface area (Å²) in [5.41, 5.74) is 3.25. The predicted molar refractivity (Wildman–Crippen MR) is 91.3 cm³/mol. The molecule has 0 unspecified atom stereocenters. The van der Waals surface area contributed by atoms with Gasteiger partial charge in [0.05, 0.1) is 0 Å². The minimum atomic E-state index is 0.220. The van der Waals surface area contributed by atoms with Crippen molar-refractivity contribution in [3.05, 3.63) is 53.6 Å². The topological polar surface area (TPSA) is 46.2 Å². The second kappa shape index (κ2) is 7.86. The van der Waals surface area contributed by atoms with Crippen molar-refractivity contribution in [1.82, 2.24) is 0 Å². The maximum absolute atomic E-state index is 5.87. The minimum Gasteiger partial charge on any atom is -0.488 e. The van der Waals surface area contributed by atoms with Crippen LogP contribution >= 0.6 is 0 Å². The van der Waals surface area contributed by atoms with Crippen LogP contribution in [0.25, 0.3) is 11.6 Å². The van der Waals surface area contributed by atoms with Crippen molar-refractivity contribution in [2.75, 3.05) is 34.4 Å². The highest BCUT2D eigenvalue weighted by atomic mass is 16.7. The van der Waals surface area contributed by atoms with Gasteiger partial charge in [0.25, 0.3) is 0 Å². The van der Waals surface area contributed by atoms with Crippen molar-refractivity contribution in [3.63, 3.8) is 0 Å². The van der Waals surface area contributed by atoms with Gasteiger partial charge < -0.3 is 23.7 Å². The van der Waals surface area contributed by atoms with E-state index < -0.39 is 0 Å². The summed E-state index contributed by atoms with van der Waals surface area (Å²) in [4.78, 5) is 0. The highest BCUT2D eigenvalue weighted by Gasteiger charge is 2.14.